The molecule has 0 heterocycles. The first-order chi connectivity index (χ1) is 8.43. The molecule has 6 heteroatoms. The molecule has 0 unspecified atom stereocenters. The van der Waals surface area contributed by atoms with Crippen LogP contribution in [0.1, 0.15) is 20.3 Å². The van der Waals surface area contributed by atoms with Crippen molar-refractivity contribution in [2.75, 3.05) is 13.2 Å². The normalized spacial score (nSPS) is 10.5. The highest BCUT2D eigenvalue weighted by molar-refractivity contribution is 6.30. The molecule has 0 bridgehead atoms. The quantitative estimate of drug-likeness (QED) is 0.848. The van der Waals surface area contributed by atoms with Crippen molar-refractivity contribution in [3.8, 4) is 5.75 Å². The van der Waals surface area contributed by atoms with Crippen LogP contribution >= 0.6 is 24.0 Å². The predicted molar refractivity (Wildman–Crippen MR) is 80.1 cm³/mol. The Hall–Kier alpha value is -0.970. The topological polar surface area (TPSA) is 64.3 Å². The Kier molecular flexibility index (Phi) is 7.83. The van der Waals surface area contributed by atoms with Crippen LogP contribution in [0.4, 0.5) is 0 Å². The number of halogens is 2. The first-order valence-electron chi connectivity index (χ1n) is 5.82. The highest BCUT2D eigenvalue weighted by atomic mass is 35.5. The van der Waals surface area contributed by atoms with E-state index in [1.807, 2.05) is 13.8 Å². The summed E-state index contributed by atoms with van der Waals surface area (Å²) in [5, 5.41) is 3.49. The Bertz CT molecular complexity index is 394. The molecular formula is C13H20Cl2N2O2. The molecule has 108 valence electrons. The molecule has 0 saturated heterocycles. The smallest absolute Gasteiger partial charge is 0.223 e. The zero-order valence-electron chi connectivity index (χ0n) is 11.1. The first kappa shape index (κ1) is 18.0. The molecule has 0 saturated carbocycles. The van der Waals surface area contributed by atoms with E-state index in [1.165, 1.54) is 0 Å². The lowest BCUT2D eigenvalue weighted by Gasteiger charge is -2.24. The van der Waals surface area contributed by atoms with Crippen LogP contribution in [0.5, 0.6) is 5.75 Å². The van der Waals surface area contributed by atoms with Gasteiger partial charge < -0.3 is 15.8 Å². The molecule has 1 amide bonds. The molecule has 0 spiro atoms. The van der Waals surface area contributed by atoms with Gasteiger partial charge in [-0.25, -0.2) is 0 Å². The van der Waals surface area contributed by atoms with E-state index in [0.29, 0.717) is 30.3 Å². The van der Waals surface area contributed by atoms with Gasteiger partial charge in [-0.3, -0.25) is 4.79 Å². The number of ether oxygens (including phenoxy) is 1. The van der Waals surface area contributed by atoms with Gasteiger partial charge in [0.1, 0.15) is 5.75 Å². The van der Waals surface area contributed by atoms with Gasteiger partial charge in [-0.15, -0.1) is 12.4 Å². The van der Waals surface area contributed by atoms with Gasteiger partial charge in [0.25, 0.3) is 0 Å². The third-order valence-electron chi connectivity index (χ3n) is 2.40. The Morgan fingerprint density at radius 1 is 1.37 bits per heavy atom. The molecule has 3 N–H and O–H groups in total. The molecule has 1 rings (SSSR count). The van der Waals surface area contributed by atoms with Crippen molar-refractivity contribution in [1.82, 2.24) is 5.32 Å². The molecule has 19 heavy (non-hydrogen) atoms. The van der Waals surface area contributed by atoms with Gasteiger partial charge in [0.15, 0.2) is 0 Å². The van der Waals surface area contributed by atoms with E-state index in [4.69, 9.17) is 22.1 Å². The van der Waals surface area contributed by atoms with E-state index < -0.39 is 0 Å². The van der Waals surface area contributed by atoms with E-state index in [-0.39, 0.29) is 23.9 Å². The molecule has 0 fully saturated rings. The van der Waals surface area contributed by atoms with Gasteiger partial charge in [-0.1, -0.05) is 11.6 Å². The Balaban J connectivity index is 0.00000324. The van der Waals surface area contributed by atoms with Gasteiger partial charge in [0.2, 0.25) is 5.91 Å². The van der Waals surface area contributed by atoms with Crippen LogP contribution in [0.25, 0.3) is 0 Å². The molecule has 1 aromatic rings. The molecule has 0 atom stereocenters. The summed E-state index contributed by atoms with van der Waals surface area (Å²) in [5.41, 5.74) is 5.15. The first-order valence-corrected chi connectivity index (χ1v) is 6.20. The molecule has 0 aromatic heterocycles. The summed E-state index contributed by atoms with van der Waals surface area (Å²) in [5.74, 6) is 0.629. The second kappa shape index (κ2) is 8.25. The van der Waals surface area contributed by atoms with Crippen molar-refractivity contribution in [1.29, 1.82) is 0 Å². The van der Waals surface area contributed by atoms with Gasteiger partial charge in [0, 0.05) is 17.1 Å². The summed E-state index contributed by atoms with van der Waals surface area (Å²) in [6.07, 6.45) is 0.298. The van der Waals surface area contributed by atoms with Crippen LogP contribution < -0.4 is 15.8 Å². The van der Waals surface area contributed by atoms with Crippen molar-refractivity contribution in [2.45, 2.75) is 25.8 Å². The Morgan fingerprint density at radius 3 is 2.47 bits per heavy atom. The molecular weight excluding hydrogens is 287 g/mol. The number of hydrogen-bond acceptors (Lipinski definition) is 3. The lowest BCUT2D eigenvalue weighted by atomic mass is 10.1. The number of hydrogen-bond donors (Lipinski definition) is 2. The van der Waals surface area contributed by atoms with Gasteiger partial charge in [-0.2, -0.15) is 0 Å². The summed E-state index contributed by atoms with van der Waals surface area (Å²) < 4.78 is 5.43. The fourth-order valence-corrected chi connectivity index (χ4v) is 1.41. The summed E-state index contributed by atoms with van der Waals surface area (Å²) in [6, 6.07) is 7.02. The number of nitrogens with one attached hydrogen (secondary N) is 1. The SMILES string of the molecule is CC(C)(CN)NC(=O)CCOc1ccc(Cl)cc1.Cl. The fourth-order valence-electron chi connectivity index (χ4n) is 1.28. The summed E-state index contributed by atoms with van der Waals surface area (Å²) in [4.78, 5) is 11.6. The largest absolute Gasteiger partial charge is 0.493 e. The number of benzene rings is 1. The minimum atomic E-state index is -0.378. The number of rotatable bonds is 6. The van der Waals surface area contributed by atoms with Crippen molar-refractivity contribution >= 4 is 29.9 Å². The molecule has 4 nitrogen and oxygen atoms in total. The van der Waals surface area contributed by atoms with Gasteiger partial charge in [-0.05, 0) is 38.1 Å². The van der Waals surface area contributed by atoms with Crippen LogP contribution in [0.15, 0.2) is 24.3 Å². The standard InChI is InChI=1S/C13H19ClN2O2.ClH/c1-13(2,9-15)16-12(17)7-8-18-11-5-3-10(14)4-6-11;/h3-6H,7-9,15H2,1-2H3,(H,16,17);1H. The average Bonchev–Trinajstić information content (AvgIpc) is 2.31. The van der Waals surface area contributed by atoms with Crippen molar-refractivity contribution in [2.24, 2.45) is 5.73 Å². The number of amides is 1. The third kappa shape index (κ3) is 7.25. The predicted octanol–water partition coefficient (Wildman–Crippen LogP) is 2.38. The zero-order chi connectivity index (χ0) is 13.6. The molecule has 0 aliphatic carbocycles. The van der Waals surface area contributed by atoms with Crippen LogP contribution in [0.3, 0.4) is 0 Å². The highest BCUT2D eigenvalue weighted by Gasteiger charge is 2.17. The third-order valence-corrected chi connectivity index (χ3v) is 2.65. The average molecular weight is 307 g/mol. The van der Waals surface area contributed by atoms with E-state index in [1.54, 1.807) is 24.3 Å². The molecule has 1 aromatic carbocycles. The van der Waals surface area contributed by atoms with Crippen molar-refractivity contribution in [3.63, 3.8) is 0 Å². The Labute approximate surface area is 125 Å². The van der Waals surface area contributed by atoms with Crippen LogP contribution in [-0.2, 0) is 4.79 Å². The van der Waals surface area contributed by atoms with Crippen LogP contribution in [-0.4, -0.2) is 24.6 Å². The summed E-state index contributed by atoms with van der Waals surface area (Å²) >= 11 is 5.75. The van der Waals surface area contributed by atoms with E-state index >= 15 is 0 Å². The monoisotopic (exact) mass is 306 g/mol. The second-order valence-electron chi connectivity index (χ2n) is 4.69. The summed E-state index contributed by atoms with van der Waals surface area (Å²) in [6.45, 7) is 4.49. The highest BCUT2D eigenvalue weighted by Crippen LogP contribution is 2.15. The number of carbonyl (C=O) groups is 1. The fraction of sp³-hybridized carbons (Fsp3) is 0.462. The maximum Gasteiger partial charge on any atom is 0.223 e. The zero-order valence-corrected chi connectivity index (χ0v) is 12.7. The molecule has 0 aliphatic rings. The van der Waals surface area contributed by atoms with Crippen LogP contribution in [0.2, 0.25) is 5.02 Å². The lowest BCUT2D eigenvalue weighted by molar-refractivity contribution is -0.123. The minimum absolute atomic E-state index is 0. The van der Waals surface area contributed by atoms with Gasteiger partial charge >= 0.3 is 0 Å². The Morgan fingerprint density at radius 2 is 1.95 bits per heavy atom. The second-order valence-corrected chi connectivity index (χ2v) is 5.13. The maximum atomic E-state index is 11.6. The van der Waals surface area contributed by atoms with E-state index in [2.05, 4.69) is 5.32 Å². The van der Waals surface area contributed by atoms with E-state index in [9.17, 15) is 4.79 Å². The van der Waals surface area contributed by atoms with Crippen molar-refractivity contribution < 1.29 is 9.53 Å². The number of carbonyl (C=O) groups excluding carboxylic acids is 1. The van der Waals surface area contributed by atoms with Gasteiger partial charge in [0.05, 0.1) is 13.0 Å². The lowest BCUT2D eigenvalue weighted by Crippen LogP contribution is -2.49. The minimum Gasteiger partial charge on any atom is -0.493 e. The maximum absolute atomic E-state index is 11.6. The molecule has 0 radical (unpaired) electrons. The van der Waals surface area contributed by atoms with Crippen molar-refractivity contribution in [3.05, 3.63) is 29.3 Å². The molecule has 0 aliphatic heterocycles. The summed E-state index contributed by atoms with van der Waals surface area (Å²) in [7, 11) is 0. The van der Waals surface area contributed by atoms with E-state index in [0.717, 1.165) is 0 Å². The number of nitrogens with two attached hydrogens (primary N) is 1. The van der Waals surface area contributed by atoms with Crippen LogP contribution in [0, 0.1) is 0 Å².